The predicted octanol–water partition coefficient (Wildman–Crippen LogP) is 1.24. The summed E-state index contributed by atoms with van der Waals surface area (Å²) in [5.41, 5.74) is 0.782. The second kappa shape index (κ2) is 6.35. The van der Waals surface area contributed by atoms with E-state index in [2.05, 4.69) is 4.98 Å². The van der Waals surface area contributed by atoms with Gasteiger partial charge in [0, 0.05) is 44.0 Å². The maximum absolute atomic E-state index is 12.3. The molecule has 2 aromatic rings. The number of hydrogen-bond acceptors (Lipinski definition) is 5. The Bertz CT molecular complexity index is 644. The van der Waals surface area contributed by atoms with Crippen molar-refractivity contribution in [3.63, 3.8) is 0 Å². The van der Waals surface area contributed by atoms with Crippen molar-refractivity contribution in [1.29, 1.82) is 0 Å². The van der Waals surface area contributed by atoms with Gasteiger partial charge in [0.05, 0.1) is 18.7 Å². The highest BCUT2D eigenvalue weighted by atomic mass is 32.1. The van der Waals surface area contributed by atoms with Crippen LogP contribution < -0.4 is 0 Å². The van der Waals surface area contributed by atoms with E-state index >= 15 is 0 Å². The van der Waals surface area contributed by atoms with Crippen molar-refractivity contribution in [2.24, 2.45) is 0 Å². The standard InChI is InChI=1S/C14H18N4O3S/c1-2-21-14(20)17-5-3-16(4-6-17)12(19)9-11-10-18-7-8-22-13(18)15-11/h7-8,10H,2-6,9H2,1H3. The van der Waals surface area contributed by atoms with E-state index in [4.69, 9.17) is 4.74 Å². The van der Waals surface area contributed by atoms with E-state index < -0.39 is 0 Å². The maximum Gasteiger partial charge on any atom is 0.409 e. The first-order valence-corrected chi connectivity index (χ1v) is 8.16. The van der Waals surface area contributed by atoms with Crippen molar-refractivity contribution in [2.75, 3.05) is 32.8 Å². The van der Waals surface area contributed by atoms with E-state index in [1.807, 2.05) is 22.2 Å². The fraction of sp³-hybridized carbons (Fsp3) is 0.500. The minimum absolute atomic E-state index is 0.0502. The summed E-state index contributed by atoms with van der Waals surface area (Å²) in [5.74, 6) is 0.0502. The number of piperazine rings is 1. The van der Waals surface area contributed by atoms with Crippen molar-refractivity contribution < 1.29 is 14.3 Å². The summed E-state index contributed by atoms with van der Waals surface area (Å²) in [7, 11) is 0. The van der Waals surface area contributed by atoms with Crippen LogP contribution in [0.1, 0.15) is 12.6 Å². The Labute approximate surface area is 132 Å². The first-order chi connectivity index (χ1) is 10.7. The minimum Gasteiger partial charge on any atom is -0.450 e. The lowest BCUT2D eigenvalue weighted by Gasteiger charge is -2.34. The van der Waals surface area contributed by atoms with Gasteiger partial charge in [-0.25, -0.2) is 9.78 Å². The number of nitrogens with zero attached hydrogens (tertiary/aromatic N) is 4. The molecule has 118 valence electrons. The Balaban J connectivity index is 1.53. The smallest absolute Gasteiger partial charge is 0.409 e. The van der Waals surface area contributed by atoms with Gasteiger partial charge < -0.3 is 14.5 Å². The van der Waals surface area contributed by atoms with Crippen LogP contribution in [0.3, 0.4) is 0 Å². The zero-order valence-electron chi connectivity index (χ0n) is 12.4. The fourth-order valence-corrected chi connectivity index (χ4v) is 3.20. The highest BCUT2D eigenvalue weighted by molar-refractivity contribution is 7.15. The third kappa shape index (κ3) is 3.06. The number of ether oxygens (including phenoxy) is 1. The van der Waals surface area contributed by atoms with Crippen LogP contribution in [0.2, 0.25) is 0 Å². The number of carbonyl (C=O) groups is 2. The summed E-state index contributed by atoms with van der Waals surface area (Å²) in [4.78, 5) is 32.7. The van der Waals surface area contributed by atoms with Crippen LogP contribution in [0.5, 0.6) is 0 Å². The Hall–Kier alpha value is -2.09. The summed E-state index contributed by atoms with van der Waals surface area (Å²) in [5, 5.41) is 1.96. The lowest BCUT2D eigenvalue weighted by molar-refractivity contribution is -0.132. The summed E-state index contributed by atoms with van der Waals surface area (Å²) < 4.78 is 6.89. The van der Waals surface area contributed by atoms with Crippen LogP contribution in [0.25, 0.3) is 4.96 Å². The number of amides is 2. The van der Waals surface area contributed by atoms with E-state index in [-0.39, 0.29) is 12.0 Å². The van der Waals surface area contributed by atoms with E-state index in [0.29, 0.717) is 39.2 Å². The molecule has 1 saturated heterocycles. The average Bonchev–Trinajstić information content (AvgIpc) is 3.09. The van der Waals surface area contributed by atoms with Gasteiger partial charge >= 0.3 is 6.09 Å². The number of aromatic nitrogens is 2. The van der Waals surface area contributed by atoms with Gasteiger partial charge in [-0.05, 0) is 6.92 Å². The van der Waals surface area contributed by atoms with Gasteiger partial charge in [0.2, 0.25) is 5.91 Å². The Morgan fingerprint density at radius 3 is 2.68 bits per heavy atom. The van der Waals surface area contributed by atoms with E-state index in [1.54, 1.807) is 28.1 Å². The highest BCUT2D eigenvalue weighted by Crippen LogP contribution is 2.13. The van der Waals surface area contributed by atoms with Gasteiger partial charge in [-0.15, -0.1) is 11.3 Å². The molecule has 0 unspecified atom stereocenters. The van der Waals surface area contributed by atoms with E-state index in [9.17, 15) is 9.59 Å². The van der Waals surface area contributed by atoms with E-state index in [0.717, 1.165) is 10.7 Å². The predicted molar refractivity (Wildman–Crippen MR) is 81.9 cm³/mol. The number of thiazole rings is 1. The largest absolute Gasteiger partial charge is 0.450 e. The molecule has 1 aliphatic rings. The Kier molecular flexibility index (Phi) is 4.28. The molecule has 0 aromatic carbocycles. The van der Waals surface area contributed by atoms with Crippen molar-refractivity contribution in [3.8, 4) is 0 Å². The number of carbonyl (C=O) groups excluding carboxylic acids is 2. The second-order valence-electron chi connectivity index (χ2n) is 5.07. The normalized spacial score (nSPS) is 15.3. The first-order valence-electron chi connectivity index (χ1n) is 7.28. The quantitative estimate of drug-likeness (QED) is 0.853. The summed E-state index contributed by atoms with van der Waals surface area (Å²) in [6.07, 6.45) is 3.81. The van der Waals surface area contributed by atoms with Gasteiger partial charge in [-0.2, -0.15) is 0 Å². The molecule has 1 aliphatic heterocycles. The Morgan fingerprint density at radius 2 is 2.00 bits per heavy atom. The lowest BCUT2D eigenvalue weighted by Crippen LogP contribution is -2.51. The second-order valence-corrected chi connectivity index (χ2v) is 5.94. The van der Waals surface area contributed by atoms with Crippen molar-refractivity contribution >= 4 is 28.3 Å². The number of fused-ring (bicyclic) bond motifs is 1. The molecule has 3 rings (SSSR count). The van der Waals surface area contributed by atoms with Gasteiger partial charge in [-0.1, -0.05) is 0 Å². The number of rotatable bonds is 3. The molecule has 1 fully saturated rings. The first kappa shape index (κ1) is 14.8. The third-order valence-corrected chi connectivity index (χ3v) is 4.40. The molecule has 0 N–H and O–H groups in total. The molecule has 0 aliphatic carbocycles. The van der Waals surface area contributed by atoms with Crippen LogP contribution in [-0.2, 0) is 16.0 Å². The zero-order chi connectivity index (χ0) is 15.5. The highest BCUT2D eigenvalue weighted by Gasteiger charge is 2.25. The van der Waals surface area contributed by atoms with E-state index in [1.165, 1.54) is 0 Å². The molecule has 22 heavy (non-hydrogen) atoms. The van der Waals surface area contributed by atoms with Crippen LogP contribution in [0, 0.1) is 0 Å². The summed E-state index contributed by atoms with van der Waals surface area (Å²) in [6, 6.07) is 0. The van der Waals surface area contributed by atoms with Crippen LogP contribution in [-0.4, -0.2) is 64.0 Å². The van der Waals surface area contributed by atoms with Crippen molar-refractivity contribution in [1.82, 2.24) is 19.2 Å². The molecule has 8 heteroatoms. The molecule has 3 heterocycles. The molecule has 0 spiro atoms. The van der Waals surface area contributed by atoms with Crippen LogP contribution in [0.4, 0.5) is 4.79 Å². The van der Waals surface area contributed by atoms with Crippen molar-refractivity contribution in [2.45, 2.75) is 13.3 Å². The van der Waals surface area contributed by atoms with Crippen molar-refractivity contribution in [3.05, 3.63) is 23.5 Å². The SMILES string of the molecule is CCOC(=O)N1CCN(C(=O)Cc2cn3ccsc3n2)CC1. The third-order valence-electron chi connectivity index (χ3n) is 3.63. The average molecular weight is 322 g/mol. The number of imidazole rings is 1. The number of hydrogen-bond donors (Lipinski definition) is 0. The van der Waals surface area contributed by atoms with Gasteiger partial charge in [-0.3, -0.25) is 9.20 Å². The van der Waals surface area contributed by atoms with Crippen LogP contribution in [0.15, 0.2) is 17.8 Å². The molecule has 7 nitrogen and oxygen atoms in total. The molecular formula is C14H18N4O3S. The molecule has 2 aromatic heterocycles. The summed E-state index contributed by atoms with van der Waals surface area (Å²) >= 11 is 1.55. The molecule has 0 radical (unpaired) electrons. The summed E-state index contributed by atoms with van der Waals surface area (Å²) in [6.45, 7) is 4.27. The van der Waals surface area contributed by atoms with Gasteiger partial charge in [0.15, 0.2) is 4.96 Å². The topological polar surface area (TPSA) is 67.2 Å². The molecular weight excluding hydrogens is 304 g/mol. The molecule has 2 amide bonds. The van der Waals surface area contributed by atoms with Gasteiger partial charge in [0.25, 0.3) is 0 Å². The Morgan fingerprint density at radius 1 is 1.27 bits per heavy atom. The zero-order valence-corrected chi connectivity index (χ0v) is 13.2. The van der Waals surface area contributed by atoms with Crippen LogP contribution >= 0.6 is 11.3 Å². The monoisotopic (exact) mass is 322 g/mol. The minimum atomic E-state index is -0.302. The lowest BCUT2D eigenvalue weighted by atomic mass is 10.2. The van der Waals surface area contributed by atoms with Gasteiger partial charge in [0.1, 0.15) is 0 Å². The maximum atomic E-state index is 12.3. The fourth-order valence-electron chi connectivity index (χ4n) is 2.48. The molecule has 0 atom stereocenters. The molecule has 0 saturated carbocycles. The molecule has 0 bridgehead atoms.